The van der Waals surface area contributed by atoms with Crippen LogP contribution in [0.25, 0.3) is 0 Å². The molecule has 0 aliphatic heterocycles. The summed E-state index contributed by atoms with van der Waals surface area (Å²) in [6.07, 6.45) is 18.2. The molecule has 0 heterocycles. The van der Waals surface area contributed by atoms with Crippen LogP contribution < -0.4 is 12.4 Å². The van der Waals surface area contributed by atoms with Crippen molar-refractivity contribution in [2.75, 3.05) is 33.0 Å². The van der Waals surface area contributed by atoms with E-state index in [4.69, 9.17) is 0 Å². The third-order valence-electron chi connectivity index (χ3n) is 4.17. The minimum Gasteiger partial charge on any atom is -1.00 e. The van der Waals surface area contributed by atoms with Crippen molar-refractivity contribution in [3.63, 3.8) is 0 Å². The molecule has 0 radical (unpaired) electrons. The van der Waals surface area contributed by atoms with Gasteiger partial charge in [-0.25, -0.2) is 0 Å². The average molecular weight is 508 g/mol. The molecule has 0 aliphatic carbocycles. The van der Waals surface area contributed by atoms with Gasteiger partial charge in [0.05, 0.1) is 27.7 Å². The summed E-state index contributed by atoms with van der Waals surface area (Å²) in [4.78, 5) is 0.715. The normalized spacial score (nSPS) is 12.1. The van der Waals surface area contributed by atoms with Crippen molar-refractivity contribution in [1.82, 2.24) is 0 Å². The fraction of sp³-hybridized carbons (Fsp3) is 1.00. The highest BCUT2D eigenvalue weighted by Crippen LogP contribution is 2.13. The Kier molecular flexibility index (Phi) is 28.8. The molecular formula is C21H46Br2ClN. The Bertz CT molecular complexity index is 230. The Hall–Kier alpha value is 1.21. The lowest BCUT2D eigenvalue weighted by Gasteiger charge is -2.23. The predicted molar refractivity (Wildman–Crippen MR) is 121 cm³/mol. The molecule has 0 fully saturated rings. The Balaban J connectivity index is -0.000000377. The molecule has 156 valence electrons. The van der Waals surface area contributed by atoms with E-state index < -0.39 is 0 Å². The van der Waals surface area contributed by atoms with Crippen LogP contribution in [0.15, 0.2) is 0 Å². The first-order valence-corrected chi connectivity index (χ1v) is 12.4. The van der Waals surface area contributed by atoms with Gasteiger partial charge < -0.3 is 16.9 Å². The van der Waals surface area contributed by atoms with E-state index in [2.05, 4.69) is 66.9 Å². The molecule has 1 atom stereocenters. The van der Waals surface area contributed by atoms with Crippen molar-refractivity contribution in [3.05, 3.63) is 0 Å². The smallest absolute Gasteiger partial charge is 0.0780 e. The lowest BCUT2D eigenvalue weighted by molar-refractivity contribution is -0.870. The number of rotatable bonds is 15. The molecule has 0 N–H and O–H groups in total. The minimum atomic E-state index is 0. The molecular weight excluding hydrogens is 461 g/mol. The SMILES string of the molecule is CCCCCCCCCCC(C)Br.C[N+](C)(C)CCCCCCBr.[Cl-]. The second-order valence-corrected chi connectivity index (χ2v) is 10.5. The minimum absolute atomic E-state index is 0. The topological polar surface area (TPSA) is 0 Å². The summed E-state index contributed by atoms with van der Waals surface area (Å²) in [7, 11) is 6.76. The van der Waals surface area contributed by atoms with Gasteiger partial charge >= 0.3 is 0 Å². The van der Waals surface area contributed by atoms with E-state index in [1.165, 1.54) is 90.0 Å². The van der Waals surface area contributed by atoms with Crippen molar-refractivity contribution < 1.29 is 16.9 Å². The molecule has 0 amide bonds. The largest absolute Gasteiger partial charge is 1.00 e. The van der Waals surface area contributed by atoms with Crippen molar-refractivity contribution in [1.29, 1.82) is 0 Å². The fourth-order valence-electron chi connectivity index (χ4n) is 2.59. The first-order valence-electron chi connectivity index (χ1n) is 10.3. The summed E-state index contributed by atoms with van der Waals surface area (Å²) in [5, 5.41) is 1.16. The fourth-order valence-corrected chi connectivity index (χ4v) is 3.31. The van der Waals surface area contributed by atoms with Crippen LogP contribution in [0.4, 0.5) is 0 Å². The van der Waals surface area contributed by atoms with E-state index in [1.54, 1.807) is 0 Å². The van der Waals surface area contributed by atoms with E-state index in [1.807, 2.05) is 0 Å². The summed E-state index contributed by atoms with van der Waals surface area (Å²) >= 11 is 7.01. The molecule has 0 spiro atoms. The predicted octanol–water partition coefficient (Wildman–Crippen LogP) is 4.95. The van der Waals surface area contributed by atoms with Gasteiger partial charge in [0.25, 0.3) is 0 Å². The van der Waals surface area contributed by atoms with Gasteiger partial charge in [-0.2, -0.15) is 0 Å². The van der Waals surface area contributed by atoms with Crippen LogP contribution >= 0.6 is 31.9 Å². The quantitative estimate of drug-likeness (QED) is 0.167. The molecule has 0 aromatic heterocycles. The van der Waals surface area contributed by atoms with E-state index in [9.17, 15) is 0 Å². The number of unbranched alkanes of at least 4 members (excludes halogenated alkanes) is 10. The third-order valence-corrected chi connectivity index (χ3v) is 5.19. The van der Waals surface area contributed by atoms with Crippen LogP contribution in [0.1, 0.15) is 97.3 Å². The second-order valence-electron chi connectivity index (χ2n) is 8.16. The molecule has 1 nitrogen and oxygen atoms in total. The highest BCUT2D eigenvalue weighted by atomic mass is 79.9. The van der Waals surface area contributed by atoms with Gasteiger partial charge in [0, 0.05) is 10.2 Å². The van der Waals surface area contributed by atoms with Crippen LogP contribution in [0, 0.1) is 0 Å². The second kappa shape index (κ2) is 23.2. The van der Waals surface area contributed by atoms with E-state index in [0.29, 0.717) is 4.83 Å². The number of hydrogen-bond donors (Lipinski definition) is 0. The number of quaternary nitrogens is 1. The molecule has 0 aromatic carbocycles. The highest BCUT2D eigenvalue weighted by Gasteiger charge is 2.04. The highest BCUT2D eigenvalue weighted by molar-refractivity contribution is 9.09. The van der Waals surface area contributed by atoms with Crippen molar-refractivity contribution in [2.45, 2.75) is 102 Å². The summed E-state index contributed by atoms with van der Waals surface area (Å²) < 4.78 is 1.11. The molecule has 0 aromatic rings. The zero-order chi connectivity index (χ0) is 18.7. The Morgan fingerprint density at radius 3 is 1.60 bits per heavy atom. The summed E-state index contributed by atoms with van der Waals surface area (Å²) in [5.41, 5.74) is 0. The molecule has 0 rings (SSSR count). The maximum absolute atomic E-state index is 3.58. The molecule has 25 heavy (non-hydrogen) atoms. The average Bonchev–Trinajstić information content (AvgIpc) is 2.49. The number of hydrogen-bond acceptors (Lipinski definition) is 0. The van der Waals surface area contributed by atoms with Crippen LogP contribution in [0.2, 0.25) is 0 Å². The van der Waals surface area contributed by atoms with Gasteiger partial charge in [0.1, 0.15) is 0 Å². The van der Waals surface area contributed by atoms with Crippen molar-refractivity contribution in [2.24, 2.45) is 0 Å². The molecule has 0 aliphatic rings. The van der Waals surface area contributed by atoms with Crippen LogP contribution in [0.5, 0.6) is 0 Å². The lowest BCUT2D eigenvalue weighted by atomic mass is 10.1. The Morgan fingerprint density at radius 1 is 0.720 bits per heavy atom. The van der Waals surface area contributed by atoms with Crippen LogP contribution in [-0.4, -0.2) is 42.3 Å². The van der Waals surface area contributed by atoms with Gasteiger partial charge in [0.15, 0.2) is 0 Å². The molecule has 4 heteroatoms. The molecule has 0 saturated heterocycles. The van der Waals surface area contributed by atoms with Gasteiger partial charge in [-0.15, -0.1) is 0 Å². The van der Waals surface area contributed by atoms with Gasteiger partial charge in [-0.05, 0) is 25.7 Å². The van der Waals surface area contributed by atoms with Gasteiger partial charge in [-0.1, -0.05) is 103 Å². The van der Waals surface area contributed by atoms with E-state index in [0.717, 1.165) is 9.81 Å². The summed E-state index contributed by atoms with van der Waals surface area (Å²) in [5.74, 6) is 0. The maximum atomic E-state index is 3.58. The van der Waals surface area contributed by atoms with Crippen LogP contribution in [-0.2, 0) is 0 Å². The van der Waals surface area contributed by atoms with E-state index >= 15 is 0 Å². The Labute approximate surface area is 183 Å². The number of halogens is 3. The Morgan fingerprint density at radius 2 is 1.16 bits per heavy atom. The van der Waals surface area contributed by atoms with Crippen LogP contribution in [0.3, 0.4) is 0 Å². The zero-order valence-corrected chi connectivity index (χ0v) is 21.7. The first kappa shape index (κ1) is 30.9. The number of alkyl halides is 2. The first-order chi connectivity index (χ1) is 11.3. The summed E-state index contributed by atoms with van der Waals surface area (Å²) in [6.45, 7) is 5.82. The molecule has 1 unspecified atom stereocenters. The molecule has 0 saturated carbocycles. The van der Waals surface area contributed by atoms with Gasteiger partial charge in [0.2, 0.25) is 0 Å². The third kappa shape index (κ3) is 36.8. The van der Waals surface area contributed by atoms with Crippen molar-refractivity contribution >= 4 is 31.9 Å². The maximum Gasteiger partial charge on any atom is 0.0780 e. The standard InChI is InChI=1S/C12H25Br.C9H21BrN.ClH/c1-3-4-5-6-7-8-9-10-11-12(2)13;1-11(2,3)9-7-5-4-6-8-10;/h12H,3-11H2,1-2H3;4-9H2,1-3H3;1H/q;+1;/p-1. The number of nitrogens with zero attached hydrogens (tertiary/aromatic N) is 1. The van der Waals surface area contributed by atoms with Crippen molar-refractivity contribution in [3.8, 4) is 0 Å². The zero-order valence-electron chi connectivity index (χ0n) is 17.8. The molecule has 0 bridgehead atoms. The lowest BCUT2D eigenvalue weighted by Crippen LogP contribution is -3.00. The van der Waals surface area contributed by atoms with Gasteiger partial charge in [-0.3, -0.25) is 0 Å². The monoisotopic (exact) mass is 505 g/mol. The summed E-state index contributed by atoms with van der Waals surface area (Å²) in [6, 6.07) is 0. The van der Waals surface area contributed by atoms with E-state index in [-0.39, 0.29) is 12.4 Å².